The summed E-state index contributed by atoms with van der Waals surface area (Å²) in [5.74, 6) is 0. The van der Waals surface area contributed by atoms with Gasteiger partial charge in [0.25, 0.3) is 0 Å². The quantitative estimate of drug-likeness (QED) is 0.880. The van der Waals surface area contributed by atoms with Crippen molar-refractivity contribution in [3.63, 3.8) is 0 Å². The summed E-state index contributed by atoms with van der Waals surface area (Å²) in [4.78, 5) is 17.5. The minimum absolute atomic E-state index is 0.00407. The van der Waals surface area contributed by atoms with Gasteiger partial charge in [0.1, 0.15) is 0 Å². The Kier molecular flexibility index (Phi) is 3.80. The molecule has 4 heteroatoms. The second-order valence-electron chi connectivity index (χ2n) is 5.59. The van der Waals surface area contributed by atoms with Crippen molar-refractivity contribution in [3.8, 4) is 0 Å². The van der Waals surface area contributed by atoms with Gasteiger partial charge in [-0.15, -0.1) is 0 Å². The molecule has 1 N–H and O–H groups in total. The van der Waals surface area contributed by atoms with Gasteiger partial charge in [-0.2, -0.15) is 0 Å². The molecule has 1 aromatic carbocycles. The molecule has 1 aromatic heterocycles. The molecule has 2 heterocycles. The molecule has 110 valence electrons. The van der Waals surface area contributed by atoms with E-state index in [9.17, 15) is 4.79 Å². The highest BCUT2D eigenvalue weighted by Crippen LogP contribution is 2.23. The van der Waals surface area contributed by atoms with Crippen LogP contribution >= 0.6 is 0 Å². The minimum atomic E-state index is -0.00407. The summed E-state index contributed by atoms with van der Waals surface area (Å²) in [5, 5.41) is 0. The van der Waals surface area contributed by atoms with Gasteiger partial charge in [0.15, 0.2) is 0 Å². The van der Waals surface area contributed by atoms with Gasteiger partial charge in [-0.3, -0.25) is 9.47 Å². The van der Waals surface area contributed by atoms with Crippen molar-refractivity contribution in [1.82, 2.24) is 14.5 Å². The van der Waals surface area contributed by atoms with E-state index in [-0.39, 0.29) is 5.69 Å². The van der Waals surface area contributed by atoms with Crippen molar-refractivity contribution in [2.24, 2.45) is 0 Å². The second-order valence-corrected chi connectivity index (χ2v) is 5.59. The van der Waals surface area contributed by atoms with Crippen molar-refractivity contribution >= 4 is 11.0 Å². The number of aromatic nitrogens is 2. The lowest BCUT2D eigenvalue weighted by Crippen LogP contribution is -2.35. The monoisotopic (exact) mass is 283 g/mol. The Morgan fingerprint density at radius 1 is 1.38 bits per heavy atom. The van der Waals surface area contributed by atoms with Gasteiger partial charge in [-0.05, 0) is 25.5 Å². The predicted octanol–water partition coefficient (Wildman–Crippen LogP) is 2.67. The molecule has 0 bridgehead atoms. The molecule has 0 spiro atoms. The van der Waals surface area contributed by atoms with E-state index in [0.29, 0.717) is 6.04 Å². The van der Waals surface area contributed by atoms with E-state index in [1.807, 2.05) is 35.8 Å². The lowest BCUT2D eigenvalue weighted by atomic mass is 10.1. The number of rotatable bonds is 3. The van der Waals surface area contributed by atoms with E-state index in [1.165, 1.54) is 5.56 Å². The van der Waals surface area contributed by atoms with Gasteiger partial charge in [-0.25, -0.2) is 4.79 Å². The number of nitrogens with one attached hydrogen (secondary N) is 1. The molecule has 1 atom stereocenters. The van der Waals surface area contributed by atoms with Crippen LogP contribution in [0.3, 0.4) is 0 Å². The second kappa shape index (κ2) is 5.74. The lowest BCUT2D eigenvalue weighted by Gasteiger charge is -2.25. The standard InChI is InChI=1S/C17H21N3O/c1-3-4-5-6-10-19-12-14-8-7-9-15-16(14)20(11-13(19)2)17(21)18-15/h3-9,13H,10-12H2,1-2H3,(H,18,21)/b4-3+,6-5+. The number of nitrogens with zero attached hydrogens (tertiary/aromatic N) is 2. The Bertz CT molecular complexity index is 751. The highest BCUT2D eigenvalue weighted by molar-refractivity contribution is 5.79. The zero-order valence-electron chi connectivity index (χ0n) is 12.5. The van der Waals surface area contributed by atoms with Crippen LogP contribution in [0.2, 0.25) is 0 Å². The van der Waals surface area contributed by atoms with Gasteiger partial charge in [0.05, 0.1) is 11.0 Å². The molecular weight excluding hydrogens is 262 g/mol. The topological polar surface area (TPSA) is 41.0 Å². The van der Waals surface area contributed by atoms with Gasteiger partial charge in [0.2, 0.25) is 0 Å². The van der Waals surface area contributed by atoms with E-state index in [4.69, 9.17) is 0 Å². The maximum Gasteiger partial charge on any atom is 0.326 e. The Morgan fingerprint density at radius 3 is 3.05 bits per heavy atom. The normalized spacial score (nSPS) is 19.8. The summed E-state index contributed by atoms with van der Waals surface area (Å²) in [6, 6.07) is 6.43. The number of allylic oxidation sites excluding steroid dienone is 3. The molecule has 0 aliphatic carbocycles. The third-order valence-electron chi connectivity index (χ3n) is 4.10. The average Bonchev–Trinajstić information content (AvgIpc) is 2.70. The molecule has 4 nitrogen and oxygen atoms in total. The van der Waals surface area contributed by atoms with E-state index in [1.54, 1.807) is 0 Å². The first-order valence-electron chi connectivity index (χ1n) is 7.43. The van der Waals surface area contributed by atoms with Crippen molar-refractivity contribution in [1.29, 1.82) is 0 Å². The number of aromatic amines is 1. The third kappa shape index (κ3) is 2.59. The van der Waals surface area contributed by atoms with Crippen LogP contribution in [0, 0.1) is 0 Å². The third-order valence-corrected chi connectivity index (χ3v) is 4.10. The molecule has 0 saturated carbocycles. The summed E-state index contributed by atoms with van der Waals surface area (Å²) in [5.41, 5.74) is 3.22. The summed E-state index contributed by atoms with van der Waals surface area (Å²) in [6.07, 6.45) is 8.30. The van der Waals surface area contributed by atoms with Crippen molar-refractivity contribution in [2.45, 2.75) is 33.0 Å². The zero-order chi connectivity index (χ0) is 14.8. The van der Waals surface area contributed by atoms with Crippen LogP contribution in [0.25, 0.3) is 11.0 Å². The molecule has 0 fully saturated rings. The highest BCUT2D eigenvalue weighted by atomic mass is 16.1. The summed E-state index contributed by atoms with van der Waals surface area (Å²) >= 11 is 0. The number of hydrogen-bond donors (Lipinski definition) is 1. The van der Waals surface area contributed by atoms with Crippen LogP contribution in [-0.4, -0.2) is 27.0 Å². The number of benzene rings is 1. The smallest absolute Gasteiger partial charge is 0.306 e. The number of para-hydroxylation sites is 1. The Labute approximate surface area is 124 Å². The first-order chi connectivity index (χ1) is 10.2. The molecular formula is C17H21N3O. The SMILES string of the molecule is C/C=C/C=C/CN1Cc2cccc3[nH]c(=O)n(c23)CC1C. The Morgan fingerprint density at radius 2 is 2.24 bits per heavy atom. The molecule has 0 amide bonds. The average molecular weight is 283 g/mol. The van der Waals surface area contributed by atoms with Crippen LogP contribution < -0.4 is 5.69 Å². The van der Waals surface area contributed by atoms with Crippen molar-refractivity contribution < 1.29 is 0 Å². The largest absolute Gasteiger partial charge is 0.326 e. The summed E-state index contributed by atoms with van der Waals surface area (Å²) < 4.78 is 1.88. The summed E-state index contributed by atoms with van der Waals surface area (Å²) in [7, 11) is 0. The van der Waals surface area contributed by atoms with E-state index >= 15 is 0 Å². The van der Waals surface area contributed by atoms with Gasteiger partial charge < -0.3 is 4.98 Å². The molecule has 21 heavy (non-hydrogen) atoms. The fourth-order valence-corrected chi connectivity index (χ4v) is 2.98. The van der Waals surface area contributed by atoms with E-state index in [0.717, 1.165) is 30.7 Å². The number of imidazole rings is 1. The Balaban J connectivity index is 1.95. The molecule has 1 aliphatic heterocycles. The minimum Gasteiger partial charge on any atom is -0.306 e. The highest BCUT2D eigenvalue weighted by Gasteiger charge is 2.22. The van der Waals surface area contributed by atoms with E-state index in [2.05, 4.69) is 35.0 Å². The maximum atomic E-state index is 12.1. The van der Waals surface area contributed by atoms with Gasteiger partial charge in [0, 0.05) is 25.7 Å². The van der Waals surface area contributed by atoms with Crippen LogP contribution in [0.1, 0.15) is 19.4 Å². The van der Waals surface area contributed by atoms with Crippen LogP contribution in [0.15, 0.2) is 47.3 Å². The lowest BCUT2D eigenvalue weighted by molar-refractivity contribution is 0.210. The summed E-state index contributed by atoms with van der Waals surface area (Å²) in [6.45, 7) is 6.69. The molecule has 1 aliphatic rings. The first-order valence-corrected chi connectivity index (χ1v) is 7.43. The fraction of sp³-hybridized carbons (Fsp3) is 0.353. The first kappa shape index (κ1) is 13.9. The number of hydrogen-bond acceptors (Lipinski definition) is 2. The molecule has 0 saturated heterocycles. The molecule has 0 radical (unpaired) electrons. The fourth-order valence-electron chi connectivity index (χ4n) is 2.98. The molecule has 3 rings (SSSR count). The van der Waals surface area contributed by atoms with Crippen LogP contribution in [0.5, 0.6) is 0 Å². The van der Waals surface area contributed by atoms with Crippen LogP contribution in [0.4, 0.5) is 0 Å². The van der Waals surface area contributed by atoms with Gasteiger partial charge in [-0.1, -0.05) is 36.4 Å². The zero-order valence-corrected chi connectivity index (χ0v) is 12.5. The number of H-pyrrole nitrogens is 1. The predicted molar refractivity (Wildman–Crippen MR) is 86.4 cm³/mol. The molecule has 2 aromatic rings. The molecule has 1 unspecified atom stereocenters. The van der Waals surface area contributed by atoms with Crippen molar-refractivity contribution in [2.75, 3.05) is 6.54 Å². The van der Waals surface area contributed by atoms with E-state index < -0.39 is 0 Å². The Hall–Kier alpha value is -2.07. The van der Waals surface area contributed by atoms with Gasteiger partial charge >= 0.3 is 5.69 Å². The maximum absolute atomic E-state index is 12.1. The van der Waals surface area contributed by atoms with Crippen LogP contribution in [-0.2, 0) is 13.1 Å². The van der Waals surface area contributed by atoms with Crippen molar-refractivity contribution in [3.05, 3.63) is 58.6 Å².